The maximum atomic E-state index is 12.2. The Labute approximate surface area is 112 Å². The van der Waals surface area contributed by atoms with Crippen LogP contribution in [0.1, 0.15) is 18.5 Å². The fraction of sp³-hybridized carbons (Fsp3) is 0.250. The summed E-state index contributed by atoms with van der Waals surface area (Å²) >= 11 is 0. The maximum absolute atomic E-state index is 12.2. The monoisotopic (exact) mass is 280 g/mol. The van der Waals surface area contributed by atoms with Crippen molar-refractivity contribution in [3.63, 3.8) is 0 Å². The van der Waals surface area contributed by atoms with E-state index < -0.39 is 10.0 Å². The third-order valence-corrected chi connectivity index (χ3v) is 4.30. The first-order chi connectivity index (χ1) is 8.90. The van der Waals surface area contributed by atoms with Crippen LogP contribution in [0.15, 0.2) is 41.4 Å². The number of hydrogen-bond donors (Lipinski definition) is 2. The summed E-state index contributed by atoms with van der Waals surface area (Å²) in [5.74, 6) is -0.00439. The van der Waals surface area contributed by atoms with Crippen molar-refractivity contribution in [2.75, 3.05) is 5.73 Å². The van der Waals surface area contributed by atoms with E-state index in [0.717, 1.165) is 5.56 Å². The highest BCUT2D eigenvalue weighted by Crippen LogP contribution is 2.19. The third-order valence-electron chi connectivity index (χ3n) is 2.74. The molecule has 102 valence electrons. The summed E-state index contributed by atoms with van der Waals surface area (Å²) in [6.07, 6.45) is 1.38. The molecule has 0 saturated carbocycles. The van der Waals surface area contributed by atoms with Crippen LogP contribution in [-0.4, -0.2) is 18.2 Å². The van der Waals surface area contributed by atoms with Gasteiger partial charge in [-0.15, -0.1) is 0 Å². The molecule has 0 aliphatic rings. The second-order valence-corrected chi connectivity index (χ2v) is 5.99. The van der Waals surface area contributed by atoms with E-state index in [2.05, 4.69) is 9.82 Å². The van der Waals surface area contributed by atoms with Gasteiger partial charge in [-0.25, -0.2) is 13.1 Å². The Morgan fingerprint density at radius 2 is 1.95 bits per heavy atom. The normalized spacial score (nSPS) is 13.4. The molecule has 0 aliphatic heterocycles. The van der Waals surface area contributed by atoms with Crippen LogP contribution in [0.25, 0.3) is 0 Å². The van der Waals surface area contributed by atoms with Gasteiger partial charge in [0.2, 0.25) is 10.0 Å². The van der Waals surface area contributed by atoms with Gasteiger partial charge >= 0.3 is 0 Å². The largest absolute Gasteiger partial charge is 0.381 e. The second-order valence-electron chi connectivity index (χ2n) is 4.31. The van der Waals surface area contributed by atoms with Crippen LogP contribution in [0.4, 0.5) is 5.82 Å². The summed E-state index contributed by atoms with van der Waals surface area (Å²) in [6.45, 7) is 1.78. The van der Waals surface area contributed by atoms with Gasteiger partial charge in [0.25, 0.3) is 0 Å². The molecule has 0 spiro atoms. The first kappa shape index (κ1) is 13.6. The molecule has 1 atom stereocenters. The van der Waals surface area contributed by atoms with Crippen LogP contribution < -0.4 is 10.5 Å². The van der Waals surface area contributed by atoms with Crippen molar-refractivity contribution in [3.05, 3.63) is 42.1 Å². The van der Waals surface area contributed by atoms with Crippen LogP contribution in [0.5, 0.6) is 0 Å². The Kier molecular flexibility index (Phi) is 3.59. The number of aromatic nitrogens is 2. The van der Waals surface area contributed by atoms with Crippen molar-refractivity contribution in [1.29, 1.82) is 0 Å². The topological polar surface area (TPSA) is 90.0 Å². The van der Waals surface area contributed by atoms with Crippen LogP contribution in [0.3, 0.4) is 0 Å². The molecule has 0 unspecified atom stereocenters. The molecule has 0 bridgehead atoms. The van der Waals surface area contributed by atoms with Crippen LogP contribution in [0, 0.1) is 0 Å². The summed E-state index contributed by atoms with van der Waals surface area (Å²) < 4.78 is 28.4. The summed E-state index contributed by atoms with van der Waals surface area (Å²) in [6, 6.07) is 8.98. The number of nitrogen functional groups attached to an aromatic ring is 1. The first-order valence-electron chi connectivity index (χ1n) is 5.76. The quantitative estimate of drug-likeness (QED) is 0.875. The van der Waals surface area contributed by atoms with E-state index in [-0.39, 0.29) is 16.8 Å². The molecular weight excluding hydrogens is 264 g/mol. The lowest BCUT2D eigenvalue weighted by atomic mass is 10.1. The number of nitrogens with one attached hydrogen (secondary N) is 1. The van der Waals surface area contributed by atoms with E-state index in [1.54, 1.807) is 14.0 Å². The van der Waals surface area contributed by atoms with Gasteiger partial charge in [-0.1, -0.05) is 30.3 Å². The zero-order valence-electron chi connectivity index (χ0n) is 10.7. The van der Waals surface area contributed by atoms with E-state index >= 15 is 0 Å². The number of aryl methyl sites for hydroxylation is 1. The molecule has 2 rings (SSSR count). The molecule has 0 saturated heterocycles. The summed E-state index contributed by atoms with van der Waals surface area (Å²) in [5.41, 5.74) is 6.47. The number of nitrogens with two attached hydrogens (primary N) is 1. The Morgan fingerprint density at radius 3 is 2.47 bits per heavy atom. The molecule has 6 nitrogen and oxygen atoms in total. The Balaban J connectivity index is 2.25. The highest BCUT2D eigenvalue weighted by Gasteiger charge is 2.23. The van der Waals surface area contributed by atoms with Crippen LogP contribution in [-0.2, 0) is 17.1 Å². The molecule has 7 heteroatoms. The van der Waals surface area contributed by atoms with Gasteiger partial charge in [-0.3, -0.25) is 4.68 Å². The van der Waals surface area contributed by atoms with Crippen molar-refractivity contribution >= 4 is 15.8 Å². The highest BCUT2D eigenvalue weighted by molar-refractivity contribution is 7.89. The predicted molar refractivity (Wildman–Crippen MR) is 72.8 cm³/mol. The zero-order valence-corrected chi connectivity index (χ0v) is 11.6. The molecule has 0 aliphatic carbocycles. The first-order valence-corrected chi connectivity index (χ1v) is 7.25. The van der Waals surface area contributed by atoms with Crippen molar-refractivity contribution in [2.45, 2.75) is 17.9 Å². The van der Waals surface area contributed by atoms with Gasteiger partial charge in [0.15, 0.2) is 5.82 Å². The van der Waals surface area contributed by atoms with E-state index in [9.17, 15) is 8.42 Å². The average Bonchev–Trinajstić information content (AvgIpc) is 2.70. The lowest BCUT2D eigenvalue weighted by Gasteiger charge is -2.13. The Hall–Kier alpha value is -1.86. The fourth-order valence-corrected chi connectivity index (χ4v) is 3.13. The molecule has 0 amide bonds. The number of rotatable bonds is 4. The van der Waals surface area contributed by atoms with Crippen molar-refractivity contribution < 1.29 is 8.42 Å². The zero-order chi connectivity index (χ0) is 14.0. The number of benzene rings is 1. The molecule has 0 fully saturated rings. The second kappa shape index (κ2) is 5.02. The minimum atomic E-state index is -3.68. The van der Waals surface area contributed by atoms with Crippen molar-refractivity contribution in [2.24, 2.45) is 7.05 Å². The lowest BCUT2D eigenvalue weighted by Crippen LogP contribution is -2.27. The summed E-state index contributed by atoms with van der Waals surface area (Å²) in [7, 11) is -2.05. The summed E-state index contributed by atoms with van der Waals surface area (Å²) in [5, 5.41) is 3.83. The van der Waals surface area contributed by atoms with Gasteiger partial charge in [-0.2, -0.15) is 5.10 Å². The number of sulfonamides is 1. The molecule has 1 aromatic carbocycles. The predicted octanol–water partition coefficient (Wildman–Crippen LogP) is 1.04. The number of anilines is 1. The Morgan fingerprint density at radius 1 is 1.32 bits per heavy atom. The van der Waals surface area contributed by atoms with Gasteiger partial charge in [-0.05, 0) is 12.5 Å². The van der Waals surface area contributed by atoms with Crippen molar-refractivity contribution in [3.8, 4) is 0 Å². The molecule has 1 aromatic heterocycles. The third kappa shape index (κ3) is 2.94. The maximum Gasteiger partial charge on any atom is 0.246 e. The van der Waals surface area contributed by atoms with Gasteiger partial charge in [0.05, 0.1) is 0 Å². The number of hydrogen-bond acceptors (Lipinski definition) is 4. The van der Waals surface area contributed by atoms with Gasteiger partial charge in [0, 0.05) is 19.3 Å². The standard InChI is InChI=1S/C12H16N4O2S/c1-9(10-6-4-3-5-7-10)15-19(17,18)11-8-16(2)14-12(11)13/h3-9,15H,1-2H3,(H2,13,14)/t9-/m1/s1. The Bertz CT molecular complexity index is 664. The van der Waals surface area contributed by atoms with Crippen LogP contribution >= 0.6 is 0 Å². The molecule has 1 heterocycles. The smallest absolute Gasteiger partial charge is 0.246 e. The molecule has 2 aromatic rings. The lowest BCUT2D eigenvalue weighted by molar-refractivity contribution is 0.567. The van der Waals surface area contributed by atoms with E-state index in [4.69, 9.17) is 5.73 Å². The van der Waals surface area contributed by atoms with E-state index in [1.165, 1.54) is 10.9 Å². The van der Waals surface area contributed by atoms with Gasteiger partial charge in [0.1, 0.15) is 4.90 Å². The minimum absolute atomic E-state index is 0.00205. The van der Waals surface area contributed by atoms with Crippen LogP contribution in [0.2, 0.25) is 0 Å². The van der Waals surface area contributed by atoms with E-state index in [0.29, 0.717) is 0 Å². The van der Waals surface area contributed by atoms with E-state index in [1.807, 2.05) is 30.3 Å². The molecule has 3 N–H and O–H groups in total. The molecule has 19 heavy (non-hydrogen) atoms. The van der Waals surface area contributed by atoms with Gasteiger partial charge < -0.3 is 5.73 Å². The minimum Gasteiger partial charge on any atom is -0.381 e. The van der Waals surface area contributed by atoms with Crippen molar-refractivity contribution in [1.82, 2.24) is 14.5 Å². The molecular formula is C12H16N4O2S. The SMILES string of the molecule is C[C@@H](NS(=O)(=O)c1cn(C)nc1N)c1ccccc1. The highest BCUT2D eigenvalue weighted by atomic mass is 32.2. The number of nitrogens with zero attached hydrogens (tertiary/aromatic N) is 2. The summed E-state index contributed by atoms with van der Waals surface area (Å²) in [4.78, 5) is -0.00205. The average molecular weight is 280 g/mol. The molecule has 0 radical (unpaired) electrons. The fourth-order valence-electron chi connectivity index (χ4n) is 1.80.